The van der Waals surface area contributed by atoms with Crippen LogP contribution in [0.25, 0.3) is 0 Å². The number of rotatable bonds is 5. The summed E-state index contributed by atoms with van der Waals surface area (Å²) in [6, 6.07) is 3.08. The van der Waals surface area contributed by atoms with E-state index in [2.05, 4.69) is 4.90 Å². The Kier molecular flexibility index (Phi) is 7.08. The van der Waals surface area contributed by atoms with E-state index in [-0.39, 0.29) is 48.2 Å². The zero-order valence-corrected chi connectivity index (χ0v) is 19.1. The van der Waals surface area contributed by atoms with Crippen LogP contribution in [-0.2, 0) is 6.42 Å². The highest BCUT2D eigenvalue weighted by Crippen LogP contribution is 2.27. The van der Waals surface area contributed by atoms with E-state index in [1.807, 2.05) is 19.0 Å². The zero-order chi connectivity index (χ0) is 23.2. The molecule has 2 aliphatic rings. The first-order valence-corrected chi connectivity index (χ1v) is 10.4. The fourth-order valence-electron chi connectivity index (χ4n) is 4.32. The molecule has 178 valence electrons. The number of piperazine rings is 1. The van der Waals surface area contributed by atoms with Crippen LogP contribution in [0.4, 0.5) is 8.78 Å². The number of benzene rings is 1. The number of aromatic hydroxyl groups is 1. The average molecular weight is 483 g/mol. The third-order valence-electron chi connectivity index (χ3n) is 6.07. The van der Waals surface area contributed by atoms with Crippen LogP contribution in [0, 0.1) is 11.6 Å². The summed E-state index contributed by atoms with van der Waals surface area (Å²) in [6.07, 6.45) is 0.742. The number of carbonyl (C=O) groups excluding carboxylic acids is 2. The molecule has 0 spiro atoms. The van der Waals surface area contributed by atoms with E-state index in [9.17, 15) is 28.3 Å². The molecule has 0 unspecified atom stereocenters. The Hall–Kier alpha value is -2.98. The quantitative estimate of drug-likeness (QED) is 0.654. The van der Waals surface area contributed by atoms with Crippen LogP contribution in [0.1, 0.15) is 39.8 Å². The minimum absolute atomic E-state index is 0. The Morgan fingerprint density at radius 1 is 1.21 bits per heavy atom. The summed E-state index contributed by atoms with van der Waals surface area (Å²) in [5, 5.41) is 12.4. The van der Waals surface area contributed by atoms with Gasteiger partial charge >= 0.3 is 0 Å². The summed E-state index contributed by atoms with van der Waals surface area (Å²) >= 11 is 0. The summed E-state index contributed by atoms with van der Waals surface area (Å²) in [7, 11) is 1.94. The van der Waals surface area contributed by atoms with Gasteiger partial charge in [0.05, 0.1) is 5.56 Å². The number of amides is 1. The van der Waals surface area contributed by atoms with Crippen molar-refractivity contribution in [1.82, 2.24) is 14.5 Å². The molecule has 33 heavy (non-hydrogen) atoms. The molecule has 1 atom stereocenters. The summed E-state index contributed by atoms with van der Waals surface area (Å²) < 4.78 is 28.4. The molecule has 2 aliphatic heterocycles. The molecule has 4 rings (SSSR count). The number of Topliss-reactive ketones (excluding diaryl/α,β-unsaturated/α-hetero) is 1. The maximum absolute atomic E-state index is 13.9. The van der Waals surface area contributed by atoms with E-state index in [4.69, 9.17) is 0 Å². The number of likely N-dealkylation sites (N-methyl/N-ethyl adjacent to an activating group) is 2. The number of hydrogen-bond donors (Lipinski definition) is 1. The topological polar surface area (TPSA) is 86.1 Å². The fourth-order valence-corrected chi connectivity index (χ4v) is 4.32. The molecule has 11 heteroatoms. The maximum atomic E-state index is 13.9. The summed E-state index contributed by atoms with van der Waals surface area (Å²) in [6.45, 7) is 4.00. The Bertz CT molecular complexity index is 1160. The van der Waals surface area contributed by atoms with Gasteiger partial charge in [-0.05, 0) is 32.0 Å². The summed E-state index contributed by atoms with van der Waals surface area (Å²) in [5.74, 6) is -3.34. The predicted octanol–water partition coefficient (Wildman–Crippen LogP) is 1.75. The van der Waals surface area contributed by atoms with E-state index >= 15 is 0 Å². The zero-order valence-electron chi connectivity index (χ0n) is 18.3. The second-order valence-electron chi connectivity index (χ2n) is 8.07. The Labute approximate surface area is 195 Å². The van der Waals surface area contributed by atoms with Crippen LogP contribution < -0.4 is 10.4 Å². The highest BCUT2D eigenvalue weighted by Gasteiger charge is 2.41. The number of halogens is 3. The molecule has 1 aromatic carbocycles. The largest absolute Gasteiger partial charge is 0.502 e. The van der Waals surface area contributed by atoms with Gasteiger partial charge in [-0.2, -0.15) is 0 Å². The molecule has 0 radical (unpaired) electrons. The van der Waals surface area contributed by atoms with E-state index in [1.165, 1.54) is 16.9 Å². The van der Waals surface area contributed by atoms with Crippen molar-refractivity contribution in [3.63, 3.8) is 0 Å². The average Bonchev–Trinajstić information content (AvgIpc) is 2.75. The molecule has 2 aromatic rings. The third kappa shape index (κ3) is 4.32. The predicted molar refractivity (Wildman–Crippen MR) is 120 cm³/mol. The van der Waals surface area contributed by atoms with Gasteiger partial charge in [0.1, 0.15) is 17.8 Å². The van der Waals surface area contributed by atoms with Crippen LogP contribution >= 0.6 is 12.4 Å². The summed E-state index contributed by atoms with van der Waals surface area (Å²) in [4.78, 5) is 42.3. The first-order chi connectivity index (χ1) is 15.2. The van der Waals surface area contributed by atoms with Gasteiger partial charge < -0.3 is 14.9 Å². The number of carbonyl (C=O) groups is 2. The van der Waals surface area contributed by atoms with Crippen LogP contribution in [0.2, 0.25) is 0 Å². The van der Waals surface area contributed by atoms with Gasteiger partial charge in [-0.25, -0.2) is 8.78 Å². The highest BCUT2D eigenvalue weighted by atomic mass is 35.5. The molecule has 0 saturated carbocycles. The van der Waals surface area contributed by atoms with Gasteiger partial charge in [0.25, 0.3) is 5.91 Å². The lowest BCUT2D eigenvalue weighted by molar-refractivity contribution is 0.0457. The molecule has 0 aliphatic carbocycles. The molecule has 1 N–H and O–H groups in total. The molecule has 3 heterocycles. The monoisotopic (exact) mass is 482 g/mol. The van der Waals surface area contributed by atoms with Crippen molar-refractivity contribution in [2.24, 2.45) is 0 Å². The SMILES string of the molecule is CCN1C(=O)c2c(O)c(=O)c(C(=O)CCc3ccc(F)cc3F)cn2N2CCN(C)C[C@@H]12.Cl. The Balaban J connectivity index is 0.00000306. The van der Waals surface area contributed by atoms with Crippen molar-refractivity contribution >= 4 is 24.1 Å². The number of pyridine rings is 1. The van der Waals surface area contributed by atoms with Crippen molar-refractivity contribution in [3.8, 4) is 5.75 Å². The van der Waals surface area contributed by atoms with Crippen LogP contribution in [0.5, 0.6) is 5.75 Å². The van der Waals surface area contributed by atoms with Crippen LogP contribution in [0.15, 0.2) is 29.2 Å². The van der Waals surface area contributed by atoms with Gasteiger partial charge in [0.15, 0.2) is 17.2 Å². The number of nitrogens with zero attached hydrogens (tertiary/aromatic N) is 4. The molecule has 1 saturated heterocycles. The smallest absolute Gasteiger partial charge is 0.278 e. The second-order valence-corrected chi connectivity index (χ2v) is 8.07. The van der Waals surface area contributed by atoms with E-state index < -0.39 is 34.5 Å². The number of ketones is 1. The highest BCUT2D eigenvalue weighted by molar-refractivity contribution is 6.00. The van der Waals surface area contributed by atoms with Crippen molar-refractivity contribution in [3.05, 3.63) is 63.1 Å². The van der Waals surface area contributed by atoms with Gasteiger partial charge in [-0.3, -0.25) is 24.1 Å². The van der Waals surface area contributed by atoms with E-state index in [0.29, 0.717) is 26.2 Å². The molecular formula is C22H25ClF2N4O4. The van der Waals surface area contributed by atoms with Crippen LogP contribution in [-0.4, -0.2) is 70.7 Å². The molecule has 8 nitrogen and oxygen atoms in total. The number of hydrogen-bond acceptors (Lipinski definition) is 6. The van der Waals surface area contributed by atoms with Crippen molar-refractivity contribution in [1.29, 1.82) is 0 Å². The van der Waals surface area contributed by atoms with E-state index in [0.717, 1.165) is 12.1 Å². The normalized spacial score (nSPS) is 17.9. The maximum Gasteiger partial charge on any atom is 0.278 e. The van der Waals surface area contributed by atoms with Gasteiger partial charge in [-0.15, -0.1) is 12.4 Å². The van der Waals surface area contributed by atoms with Gasteiger partial charge in [0, 0.05) is 44.9 Å². The lowest BCUT2D eigenvalue weighted by atomic mass is 10.0. The van der Waals surface area contributed by atoms with Gasteiger partial charge in [-0.1, -0.05) is 6.07 Å². The van der Waals surface area contributed by atoms with Crippen molar-refractivity contribution < 1.29 is 23.5 Å². The second kappa shape index (κ2) is 9.48. The molecule has 1 amide bonds. The number of fused-ring (bicyclic) bond motifs is 3. The lowest BCUT2D eigenvalue weighted by Crippen LogP contribution is -2.68. The number of aromatic nitrogens is 1. The third-order valence-corrected chi connectivity index (χ3v) is 6.07. The number of aryl methyl sites for hydroxylation is 1. The van der Waals surface area contributed by atoms with Crippen molar-refractivity contribution in [2.45, 2.75) is 25.9 Å². The Morgan fingerprint density at radius 2 is 1.94 bits per heavy atom. The van der Waals surface area contributed by atoms with Crippen LogP contribution in [0.3, 0.4) is 0 Å². The fraction of sp³-hybridized carbons (Fsp3) is 0.409. The molecule has 1 fully saturated rings. The minimum Gasteiger partial charge on any atom is -0.502 e. The van der Waals surface area contributed by atoms with Gasteiger partial charge in [0.2, 0.25) is 5.43 Å². The summed E-state index contributed by atoms with van der Waals surface area (Å²) in [5.41, 5.74) is -1.23. The molecular weight excluding hydrogens is 458 g/mol. The van der Waals surface area contributed by atoms with Crippen molar-refractivity contribution in [2.75, 3.05) is 38.2 Å². The molecule has 0 bridgehead atoms. The first-order valence-electron chi connectivity index (χ1n) is 10.4. The lowest BCUT2D eigenvalue weighted by Gasteiger charge is -2.50. The molecule has 1 aromatic heterocycles. The van der Waals surface area contributed by atoms with E-state index in [1.54, 1.807) is 4.90 Å². The first kappa shape index (κ1) is 24.7. The Morgan fingerprint density at radius 3 is 2.61 bits per heavy atom. The standard InChI is InChI=1S/C22H24F2N4O4.ClH/c1-3-26-18-12-25(2)8-9-27(18)28-11-15(20(30)21(31)19(28)22(26)32)17(29)7-5-13-4-6-14(23)10-16(13)24;/h4,6,10-11,18,31H,3,5,7-9,12H2,1-2H3;1H/t18-;/m0./s1. The minimum atomic E-state index is -0.933.